The Balaban J connectivity index is 1.64. The van der Waals surface area contributed by atoms with Crippen molar-refractivity contribution in [1.29, 1.82) is 0 Å². The Morgan fingerprint density at radius 1 is 1.26 bits per heavy atom. The summed E-state index contributed by atoms with van der Waals surface area (Å²) in [5, 5.41) is 4.02. The molecule has 0 saturated carbocycles. The van der Waals surface area contributed by atoms with Crippen LogP contribution in [0.2, 0.25) is 0 Å². The third-order valence-electron chi connectivity index (χ3n) is 3.88. The number of hydrogen-bond acceptors (Lipinski definition) is 6. The fourth-order valence-corrected chi connectivity index (χ4v) is 2.50. The molecule has 0 bridgehead atoms. The molecule has 2 aromatic rings. The first-order chi connectivity index (χ1) is 11.1. The zero-order valence-corrected chi connectivity index (χ0v) is 13.1. The molecule has 1 fully saturated rings. The van der Waals surface area contributed by atoms with E-state index in [9.17, 15) is 9.59 Å². The molecule has 0 atom stereocenters. The lowest BCUT2D eigenvalue weighted by atomic mass is 10.2. The topological polar surface area (TPSA) is 80.8 Å². The molecule has 1 saturated heterocycles. The third kappa shape index (κ3) is 3.05. The van der Waals surface area contributed by atoms with Gasteiger partial charge >= 0.3 is 0 Å². The van der Waals surface area contributed by atoms with Crippen LogP contribution < -0.4 is 15.2 Å². The molecule has 122 valence electrons. The van der Waals surface area contributed by atoms with E-state index in [1.807, 2.05) is 4.90 Å². The Labute approximate surface area is 132 Å². The van der Waals surface area contributed by atoms with Crippen molar-refractivity contribution in [1.82, 2.24) is 14.7 Å². The minimum Gasteiger partial charge on any atom is -0.468 e. The van der Waals surface area contributed by atoms with Gasteiger partial charge < -0.3 is 19.0 Å². The normalized spacial score (nSPS) is 14.9. The van der Waals surface area contributed by atoms with Crippen LogP contribution in [-0.2, 0) is 7.05 Å². The number of methoxy groups -OCH3 is 1. The van der Waals surface area contributed by atoms with Crippen molar-refractivity contribution in [2.75, 3.05) is 38.2 Å². The highest BCUT2D eigenvalue weighted by Gasteiger charge is 2.24. The maximum atomic E-state index is 12.4. The summed E-state index contributed by atoms with van der Waals surface area (Å²) in [6.45, 7) is 2.38. The number of rotatable bonds is 3. The summed E-state index contributed by atoms with van der Waals surface area (Å²) in [5.41, 5.74) is 0.628. The average Bonchev–Trinajstić information content (AvgIpc) is 3.06. The Hall–Kier alpha value is -2.77. The molecule has 1 amide bonds. The Kier molecular flexibility index (Phi) is 4.05. The van der Waals surface area contributed by atoms with E-state index in [2.05, 4.69) is 5.10 Å². The van der Waals surface area contributed by atoms with Crippen molar-refractivity contribution >= 4 is 11.6 Å². The number of carbonyl (C=O) groups excluding carboxylic acids is 1. The highest BCUT2D eigenvalue weighted by atomic mass is 16.6. The van der Waals surface area contributed by atoms with Crippen molar-refractivity contribution in [3.8, 4) is 5.95 Å². The van der Waals surface area contributed by atoms with Crippen LogP contribution in [0.1, 0.15) is 10.6 Å². The average molecular weight is 318 g/mol. The molecule has 0 aromatic carbocycles. The zero-order valence-electron chi connectivity index (χ0n) is 13.1. The molecule has 0 unspecified atom stereocenters. The first-order valence-corrected chi connectivity index (χ1v) is 7.30. The largest absolute Gasteiger partial charge is 0.468 e. The van der Waals surface area contributed by atoms with Crippen LogP contribution in [0.5, 0.6) is 5.95 Å². The molecule has 8 nitrogen and oxygen atoms in total. The molecule has 23 heavy (non-hydrogen) atoms. The molecule has 0 radical (unpaired) electrons. The second-order valence-corrected chi connectivity index (χ2v) is 5.28. The second kappa shape index (κ2) is 6.15. The molecule has 2 aromatic heterocycles. The molecule has 0 spiro atoms. The number of ether oxygens (including phenoxy) is 1. The van der Waals surface area contributed by atoms with Gasteiger partial charge in [-0.1, -0.05) is 0 Å². The fourth-order valence-electron chi connectivity index (χ4n) is 2.50. The molecule has 3 rings (SSSR count). The number of carbonyl (C=O) groups is 1. The van der Waals surface area contributed by atoms with E-state index in [-0.39, 0.29) is 17.2 Å². The predicted octanol–water partition coefficient (Wildman–Crippen LogP) is 0.344. The Bertz CT molecular complexity index is 759. The number of nitrogens with zero attached hydrogens (tertiary/aromatic N) is 4. The first kappa shape index (κ1) is 15.1. The van der Waals surface area contributed by atoms with Crippen LogP contribution in [0.3, 0.4) is 0 Å². The fraction of sp³-hybridized carbons (Fsp3) is 0.400. The van der Waals surface area contributed by atoms with Crippen molar-refractivity contribution in [2.45, 2.75) is 0 Å². The van der Waals surface area contributed by atoms with Crippen LogP contribution in [0.15, 0.2) is 33.6 Å². The molecule has 0 N–H and O–H groups in total. The lowest BCUT2D eigenvalue weighted by Crippen LogP contribution is -2.49. The van der Waals surface area contributed by atoms with E-state index in [0.29, 0.717) is 32.1 Å². The molecule has 8 heteroatoms. The van der Waals surface area contributed by atoms with Crippen molar-refractivity contribution in [2.24, 2.45) is 7.05 Å². The van der Waals surface area contributed by atoms with Gasteiger partial charge in [0.1, 0.15) is 0 Å². The summed E-state index contributed by atoms with van der Waals surface area (Å²) in [6.07, 6.45) is 1.66. The summed E-state index contributed by atoms with van der Waals surface area (Å²) in [7, 11) is 3.10. The molecule has 1 aliphatic heterocycles. The van der Waals surface area contributed by atoms with E-state index >= 15 is 0 Å². The van der Waals surface area contributed by atoms with Gasteiger partial charge in [-0.3, -0.25) is 9.59 Å². The number of aromatic nitrogens is 2. The van der Waals surface area contributed by atoms with Crippen LogP contribution in [0.25, 0.3) is 0 Å². The summed E-state index contributed by atoms with van der Waals surface area (Å²) in [5.74, 6) is 0.429. The van der Waals surface area contributed by atoms with Gasteiger partial charge in [-0.05, 0) is 6.07 Å². The molecular formula is C15H18N4O4. The van der Waals surface area contributed by atoms with Gasteiger partial charge in [-0.15, -0.1) is 0 Å². The standard InChI is InChI=1S/C15H18N4O4/c1-17-13(20)9-11(10-16-17)18-5-7-19(8-6-18)15(21)12-3-4-14(22-2)23-12/h3-4,9-10H,5-8H2,1-2H3. The number of furan rings is 1. The van der Waals surface area contributed by atoms with Gasteiger partial charge in [0.15, 0.2) is 5.76 Å². The summed E-state index contributed by atoms with van der Waals surface area (Å²) < 4.78 is 11.5. The number of hydrogen-bond donors (Lipinski definition) is 0. The SMILES string of the molecule is COc1ccc(C(=O)N2CCN(c3cnn(C)c(=O)c3)CC2)o1. The van der Waals surface area contributed by atoms with Crippen LogP contribution >= 0.6 is 0 Å². The van der Waals surface area contributed by atoms with Crippen molar-refractivity contribution in [3.05, 3.63) is 40.5 Å². The smallest absolute Gasteiger partial charge is 0.289 e. The summed E-state index contributed by atoms with van der Waals surface area (Å²) in [6, 6.07) is 4.79. The lowest BCUT2D eigenvalue weighted by Gasteiger charge is -2.35. The van der Waals surface area contributed by atoms with Crippen LogP contribution in [-0.4, -0.2) is 53.9 Å². The van der Waals surface area contributed by atoms with E-state index in [4.69, 9.17) is 9.15 Å². The highest BCUT2D eigenvalue weighted by Crippen LogP contribution is 2.19. The lowest BCUT2D eigenvalue weighted by molar-refractivity contribution is 0.0708. The first-order valence-electron chi connectivity index (χ1n) is 7.30. The van der Waals surface area contributed by atoms with E-state index in [1.54, 1.807) is 36.3 Å². The van der Waals surface area contributed by atoms with Gasteiger partial charge in [0.05, 0.1) is 19.0 Å². The second-order valence-electron chi connectivity index (χ2n) is 5.28. The monoisotopic (exact) mass is 318 g/mol. The Morgan fingerprint density at radius 2 is 2.00 bits per heavy atom. The van der Waals surface area contributed by atoms with Crippen LogP contribution in [0, 0.1) is 0 Å². The number of piperazine rings is 1. The number of amides is 1. The maximum Gasteiger partial charge on any atom is 0.289 e. The third-order valence-corrected chi connectivity index (χ3v) is 3.88. The molecule has 0 aliphatic carbocycles. The van der Waals surface area contributed by atoms with Gasteiger partial charge in [0, 0.05) is 45.4 Å². The minimum absolute atomic E-state index is 0.149. The van der Waals surface area contributed by atoms with Gasteiger partial charge in [0.25, 0.3) is 17.4 Å². The minimum atomic E-state index is -0.157. The van der Waals surface area contributed by atoms with E-state index in [0.717, 1.165) is 5.69 Å². The molecule has 1 aliphatic rings. The van der Waals surface area contributed by atoms with Crippen LogP contribution in [0.4, 0.5) is 5.69 Å². The van der Waals surface area contributed by atoms with E-state index < -0.39 is 0 Å². The number of aryl methyl sites for hydroxylation is 1. The predicted molar refractivity (Wildman–Crippen MR) is 82.9 cm³/mol. The quantitative estimate of drug-likeness (QED) is 0.812. The van der Waals surface area contributed by atoms with Gasteiger partial charge in [0.2, 0.25) is 0 Å². The number of anilines is 1. The highest BCUT2D eigenvalue weighted by molar-refractivity contribution is 5.91. The Morgan fingerprint density at radius 3 is 2.61 bits per heavy atom. The maximum absolute atomic E-state index is 12.4. The van der Waals surface area contributed by atoms with Crippen molar-refractivity contribution in [3.63, 3.8) is 0 Å². The van der Waals surface area contributed by atoms with Gasteiger partial charge in [-0.25, -0.2) is 4.68 Å². The summed E-state index contributed by atoms with van der Waals surface area (Å²) >= 11 is 0. The molecule has 3 heterocycles. The summed E-state index contributed by atoms with van der Waals surface area (Å²) in [4.78, 5) is 27.8. The molecular weight excluding hydrogens is 300 g/mol. The van der Waals surface area contributed by atoms with Gasteiger partial charge in [-0.2, -0.15) is 5.10 Å². The van der Waals surface area contributed by atoms with E-state index in [1.165, 1.54) is 11.8 Å². The van der Waals surface area contributed by atoms with Crippen molar-refractivity contribution < 1.29 is 13.9 Å². The zero-order chi connectivity index (χ0) is 16.4.